The number of rotatable bonds is 6. The number of carbonyl (C=O) groups excluding carboxylic acids is 2. The van der Waals surface area contributed by atoms with Crippen LogP contribution in [-0.2, 0) is 0 Å². The minimum atomic E-state index is -0.0361. The summed E-state index contributed by atoms with van der Waals surface area (Å²) in [7, 11) is 1.58. The fourth-order valence-corrected chi connectivity index (χ4v) is 3.92. The van der Waals surface area contributed by atoms with Gasteiger partial charge in [-0.15, -0.1) is 0 Å². The van der Waals surface area contributed by atoms with Crippen molar-refractivity contribution in [3.8, 4) is 11.5 Å². The van der Waals surface area contributed by atoms with Gasteiger partial charge in [-0.1, -0.05) is 23.8 Å². The fraction of sp³-hybridized carbons (Fsp3) is 0.417. The lowest BCUT2D eigenvalue weighted by molar-refractivity contribution is 0.0649. The van der Waals surface area contributed by atoms with Gasteiger partial charge in [0.1, 0.15) is 0 Å². The number of ketones is 1. The lowest BCUT2D eigenvalue weighted by Crippen LogP contribution is -2.40. The molecule has 1 aliphatic rings. The van der Waals surface area contributed by atoms with Gasteiger partial charge in [0.2, 0.25) is 0 Å². The van der Waals surface area contributed by atoms with Gasteiger partial charge in [0, 0.05) is 30.1 Å². The molecule has 1 amide bonds. The van der Waals surface area contributed by atoms with E-state index in [1.54, 1.807) is 25.3 Å². The van der Waals surface area contributed by atoms with E-state index in [0.717, 1.165) is 16.7 Å². The summed E-state index contributed by atoms with van der Waals surface area (Å²) in [5.41, 5.74) is 3.56. The predicted octanol–water partition coefficient (Wildman–Crippen LogP) is 4.45. The molecular formula is C24H29NO4. The van der Waals surface area contributed by atoms with Gasteiger partial charge in [-0.3, -0.25) is 9.59 Å². The molecule has 154 valence electrons. The Morgan fingerprint density at radius 1 is 1.03 bits per heavy atom. The highest BCUT2D eigenvalue weighted by Crippen LogP contribution is 2.30. The third-order valence-corrected chi connectivity index (χ3v) is 5.51. The van der Waals surface area contributed by atoms with Gasteiger partial charge < -0.3 is 14.4 Å². The molecule has 0 radical (unpaired) electrons. The zero-order valence-electron chi connectivity index (χ0n) is 17.7. The summed E-state index contributed by atoms with van der Waals surface area (Å²) in [5.74, 6) is 1.31. The number of piperidine rings is 1. The SMILES string of the molecule is CCOc1cc(C(=O)N2CCC(C(=O)c3ccc(C)cc3C)CC2)ccc1OC. The van der Waals surface area contributed by atoms with Crippen LogP contribution in [0, 0.1) is 19.8 Å². The Labute approximate surface area is 172 Å². The van der Waals surface area contributed by atoms with Crippen molar-refractivity contribution in [2.45, 2.75) is 33.6 Å². The number of carbonyl (C=O) groups is 2. The largest absolute Gasteiger partial charge is 0.493 e. The van der Waals surface area contributed by atoms with Gasteiger partial charge >= 0.3 is 0 Å². The Morgan fingerprint density at radius 2 is 1.76 bits per heavy atom. The van der Waals surface area contributed by atoms with E-state index in [9.17, 15) is 9.59 Å². The molecule has 0 atom stereocenters. The number of hydrogen-bond acceptors (Lipinski definition) is 4. The average molecular weight is 395 g/mol. The Morgan fingerprint density at radius 3 is 2.38 bits per heavy atom. The number of hydrogen-bond donors (Lipinski definition) is 0. The monoisotopic (exact) mass is 395 g/mol. The van der Waals surface area contributed by atoms with Crippen LogP contribution in [-0.4, -0.2) is 43.4 Å². The molecule has 0 saturated carbocycles. The highest BCUT2D eigenvalue weighted by molar-refractivity contribution is 5.99. The second kappa shape index (κ2) is 9.12. The van der Waals surface area contributed by atoms with E-state index in [2.05, 4.69) is 0 Å². The molecule has 0 unspecified atom stereocenters. The first-order valence-corrected chi connectivity index (χ1v) is 10.2. The summed E-state index contributed by atoms with van der Waals surface area (Å²) < 4.78 is 10.9. The Bertz CT molecular complexity index is 898. The van der Waals surface area contributed by atoms with Crippen LogP contribution in [0.15, 0.2) is 36.4 Å². The zero-order chi connectivity index (χ0) is 21.0. The van der Waals surface area contributed by atoms with E-state index < -0.39 is 0 Å². The summed E-state index contributed by atoms with van der Waals surface area (Å²) >= 11 is 0. The van der Waals surface area contributed by atoms with E-state index in [0.29, 0.717) is 49.6 Å². The molecule has 0 aromatic heterocycles. The molecule has 0 bridgehead atoms. The van der Waals surface area contributed by atoms with Gasteiger partial charge in [0.25, 0.3) is 5.91 Å². The lowest BCUT2D eigenvalue weighted by atomic mass is 9.87. The number of benzene rings is 2. The van der Waals surface area contributed by atoms with Crippen LogP contribution >= 0.6 is 0 Å². The van der Waals surface area contributed by atoms with Gasteiger partial charge in [-0.25, -0.2) is 0 Å². The van der Waals surface area contributed by atoms with Crippen molar-refractivity contribution >= 4 is 11.7 Å². The number of aryl methyl sites for hydroxylation is 2. The fourth-order valence-electron chi connectivity index (χ4n) is 3.92. The second-order valence-electron chi connectivity index (χ2n) is 7.55. The molecule has 1 heterocycles. The summed E-state index contributed by atoms with van der Waals surface area (Å²) in [6, 6.07) is 11.2. The van der Waals surface area contributed by atoms with Crippen LogP contribution in [0.1, 0.15) is 51.6 Å². The molecule has 1 aliphatic heterocycles. The molecule has 1 fully saturated rings. The number of Topliss-reactive ketones (excluding diaryl/α,β-unsaturated/α-hetero) is 1. The average Bonchev–Trinajstić information content (AvgIpc) is 2.73. The molecule has 29 heavy (non-hydrogen) atoms. The number of ether oxygens (including phenoxy) is 2. The van der Waals surface area contributed by atoms with Gasteiger partial charge in [0.05, 0.1) is 13.7 Å². The number of nitrogens with zero attached hydrogens (tertiary/aromatic N) is 1. The maximum Gasteiger partial charge on any atom is 0.253 e. The zero-order valence-corrected chi connectivity index (χ0v) is 17.7. The minimum absolute atomic E-state index is 0.0321. The van der Waals surface area contributed by atoms with Crippen LogP contribution in [0.2, 0.25) is 0 Å². The topological polar surface area (TPSA) is 55.8 Å². The number of likely N-dealkylation sites (tertiary alicyclic amines) is 1. The molecule has 5 heteroatoms. The van der Waals surface area contributed by atoms with Crippen molar-refractivity contribution in [3.63, 3.8) is 0 Å². The van der Waals surface area contributed by atoms with Crippen LogP contribution in [0.5, 0.6) is 11.5 Å². The molecule has 2 aromatic carbocycles. The van der Waals surface area contributed by atoms with Crippen LogP contribution in [0.3, 0.4) is 0 Å². The van der Waals surface area contributed by atoms with Gasteiger partial charge in [0.15, 0.2) is 17.3 Å². The highest BCUT2D eigenvalue weighted by atomic mass is 16.5. The maximum atomic E-state index is 12.9. The van der Waals surface area contributed by atoms with E-state index in [1.807, 2.05) is 43.9 Å². The first kappa shape index (κ1) is 20.9. The summed E-state index contributed by atoms with van der Waals surface area (Å²) in [4.78, 5) is 27.7. The molecule has 0 aliphatic carbocycles. The Kier molecular flexibility index (Phi) is 6.57. The number of amides is 1. The molecule has 5 nitrogen and oxygen atoms in total. The standard InChI is InChI=1S/C24H29NO4/c1-5-29-22-15-19(7-9-21(22)28-4)24(27)25-12-10-18(11-13-25)23(26)20-8-6-16(2)14-17(20)3/h6-9,14-15,18H,5,10-13H2,1-4H3. The van der Waals surface area contributed by atoms with Crippen molar-refractivity contribution in [2.75, 3.05) is 26.8 Å². The summed E-state index contributed by atoms with van der Waals surface area (Å²) in [6.45, 7) is 7.57. The third-order valence-electron chi connectivity index (χ3n) is 5.51. The van der Waals surface area contributed by atoms with Crippen molar-refractivity contribution < 1.29 is 19.1 Å². The smallest absolute Gasteiger partial charge is 0.253 e. The van der Waals surface area contributed by atoms with E-state index in [-0.39, 0.29) is 17.6 Å². The third kappa shape index (κ3) is 4.61. The van der Waals surface area contributed by atoms with Crippen LogP contribution in [0.4, 0.5) is 0 Å². The van der Waals surface area contributed by atoms with Crippen molar-refractivity contribution in [3.05, 3.63) is 58.7 Å². The summed E-state index contributed by atoms with van der Waals surface area (Å²) in [6.07, 6.45) is 1.37. The highest BCUT2D eigenvalue weighted by Gasteiger charge is 2.29. The van der Waals surface area contributed by atoms with Crippen LogP contribution < -0.4 is 9.47 Å². The normalized spacial score (nSPS) is 14.6. The molecule has 1 saturated heterocycles. The van der Waals surface area contributed by atoms with E-state index >= 15 is 0 Å². The molecule has 3 rings (SSSR count). The second-order valence-corrected chi connectivity index (χ2v) is 7.55. The van der Waals surface area contributed by atoms with Crippen LogP contribution in [0.25, 0.3) is 0 Å². The van der Waals surface area contributed by atoms with E-state index in [1.165, 1.54) is 0 Å². The van der Waals surface area contributed by atoms with Crippen molar-refractivity contribution in [2.24, 2.45) is 5.92 Å². The number of methoxy groups -OCH3 is 1. The first-order valence-electron chi connectivity index (χ1n) is 10.2. The Hall–Kier alpha value is -2.82. The lowest BCUT2D eigenvalue weighted by Gasteiger charge is -2.31. The quantitative estimate of drug-likeness (QED) is 0.678. The summed E-state index contributed by atoms with van der Waals surface area (Å²) in [5, 5.41) is 0. The maximum absolute atomic E-state index is 12.9. The molecular weight excluding hydrogens is 366 g/mol. The van der Waals surface area contributed by atoms with Crippen molar-refractivity contribution in [1.29, 1.82) is 0 Å². The Balaban J connectivity index is 1.66. The molecule has 0 spiro atoms. The predicted molar refractivity (Wildman–Crippen MR) is 113 cm³/mol. The van der Waals surface area contributed by atoms with Gasteiger partial charge in [-0.05, 0) is 57.4 Å². The van der Waals surface area contributed by atoms with E-state index in [4.69, 9.17) is 9.47 Å². The minimum Gasteiger partial charge on any atom is -0.493 e. The first-order chi connectivity index (χ1) is 13.9. The van der Waals surface area contributed by atoms with Gasteiger partial charge in [-0.2, -0.15) is 0 Å². The molecule has 0 N–H and O–H groups in total. The molecule has 2 aromatic rings. The van der Waals surface area contributed by atoms with Crippen molar-refractivity contribution in [1.82, 2.24) is 4.90 Å².